The number of hydrogen-bond donors (Lipinski definition) is 6. The van der Waals surface area contributed by atoms with Gasteiger partial charge in [0.25, 0.3) is 5.91 Å². The van der Waals surface area contributed by atoms with E-state index in [1.165, 1.54) is 4.68 Å². The highest BCUT2D eigenvalue weighted by molar-refractivity contribution is 6.09. The third kappa shape index (κ3) is 5.70. The van der Waals surface area contributed by atoms with E-state index < -0.39 is 18.0 Å². The third-order valence-corrected chi connectivity index (χ3v) is 7.13. The van der Waals surface area contributed by atoms with Crippen molar-refractivity contribution in [1.82, 2.24) is 9.78 Å². The summed E-state index contributed by atoms with van der Waals surface area (Å²) in [5.41, 5.74) is 14.1. The Labute approximate surface area is 251 Å². The summed E-state index contributed by atoms with van der Waals surface area (Å²) >= 11 is 0. The molecule has 0 atom stereocenters. The molecule has 0 fully saturated rings. The van der Waals surface area contributed by atoms with E-state index in [0.717, 1.165) is 21.5 Å². The number of nitrogen functional groups attached to an aromatic ring is 1. The first kappa shape index (κ1) is 27.8. The molecule has 8 N–H and O–H groups in total. The molecule has 0 aliphatic carbocycles. The second-order valence-corrected chi connectivity index (χ2v) is 10.1. The largest absolute Gasteiger partial charge is 0.383 e. The van der Waals surface area contributed by atoms with Crippen LogP contribution in [0.1, 0.15) is 10.4 Å². The van der Waals surface area contributed by atoms with Gasteiger partial charge in [-0.05, 0) is 64.0 Å². The van der Waals surface area contributed by atoms with Crippen LogP contribution >= 0.6 is 0 Å². The number of aryl methyl sites for hydroxylation is 1. The standard InChI is InChI=1S/C33H28N8O3/c1-41-30(34)28(31(35)42)29(40-41)26-18-25(38-32(43)36-23-12-10-19-6-2-4-8-21(19)16-23)14-15-27(26)39-33(44)37-24-13-11-20-7-3-5-9-22(20)17-24/h2-18H,34H2,1H3,(H2,35,42)(H2,36,38,43)(H2,37,39,44). The van der Waals surface area contributed by atoms with E-state index in [4.69, 9.17) is 11.5 Å². The van der Waals surface area contributed by atoms with E-state index in [1.54, 1.807) is 31.3 Å². The van der Waals surface area contributed by atoms with E-state index in [1.807, 2.05) is 78.9 Å². The first-order valence-corrected chi connectivity index (χ1v) is 13.7. The molecule has 5 aromatic carbocycles. The van der Waals surface area contributed by atoms with E-state index in [2.05, 4.69) is 26.4 Å². The van der Waals surface area contributed by atoms with Gasteiger partial charge in [0.1, 0.15) is 17.1 Å². The van der Waals surface area contributed by atoms with Crippen LogP contribution in [0, 0.1) is 0 Å². The van der Waals surface area contributed by atoms with Crippen LogP contribution in [0.25, 0.3) is 32.8 Å². The summed E-state index contributed by atoms with van der Waals surface area (Å²) in [5.74, 6) is -0.726. The predicted molar refractivity (Wildman–Crippen MR) is 175 cm³/mol. The predicted octanol–water partition coefficient (Wildman–Crippen LogP) is 6.36. The number of hydrogen-bond acceptors (Lipinski definition) is 5. The average molecular weight is 585 g/mol. The van der Waals surface area contributed by atoms with E-state index >= 15 is 0 Å². The van der Waals surface area contributed by atoms with Crippen molar-refractivity contribution in [2.75, 3.05) is 27.0 Å². The van der Waals surface area contributed by atoms with Crippen molar-refractivity contribution in [3.05, 3.63) is 109 Å². The normalized spacial score (nSPS) is 10.8. The maximum Gasteiger partial charge on any atom is 0.323 e. The maximum atomic E-state index is 13.1. The van der Waals surface area contributed by atoms with Gasteiger partial charge in [-0.3, -0.25) is 9.48 Å². The van der Waals surface area contributed by atoms with Crippen molar-refractivity contribution in [1.29, 1.82) is 0 Å². The van der Waals surface area contributed by atoms with Gasteiger partial charge in [0.05, 0.1) is 5.69 Å². The van der Waals surface area contributed by atoms with Gasteiger partial charge in [-0.15, -0.1) is 0 Å². The molecular weight excluding hydrogens is 556 g/mol. The lowest BCUT2D eigenvalue weighted by Gasteiger charge is -2.15. The zero-order chi connectivity index (χ0) is 30.8. The molecule has 0 unspecified atom stereocenters. The highest BCUT2D eigenvalue weighted by atomic mass is 16.2. The number of urea groups is 2. The van der Waals surface area contributed by atoms with Crippen molar-refractivity contribution in [2.24, 2.45) is 12.8 Å². The quantitative estimate of drug-likeness (QED) is 0.134. The molecule has 0 saturated carbocycles. The van der Waals surface area contributed by atoms with Gasteiger partial charge in [0.15, 0.2) is 0 Å². The summed E-state index contributed by atoms with van der Waals surface area (Å²) in [4.78, 5) is 38.4. The molecule has 0 spiro atoms. The first-order valence-electron chi connectivity index (χ1n) is 13.7. The van der Waals surface area contributed by atoms with Crippen molar-refractivity contribution < 1.29 is 14.4 Å². The maximum absolute atomic E-state index is 13.1. The summed E-state index contributed by atoms with van der Waals surface area (Å²) in [5, 5.41) is 19.7. The Morgan fingerprint density at radius 2 is 1.11 bits per heavy atom. The van der Waals surface area contributed by atoms with Gasteiger partial charge in [0.2, 0.25) is 0 Å². The summed E-state index contributed by atoms with van der Waals surface area (Å²) in [7, 11) is 1.57. The molecule has 6 rings (SSSR count). The van der Waals surface area contributed by atoms with Crippen LogP contribution in [0.2, 0.25) is 0 Å². The summed E-state index contributed by atoms with van der Waals surface area (Å²) in [6.07, 6.45) is 0. The fourth-order valence-corrected chi connectivity index (χ4v) is 5.01. The molecule has 44 heavy (non-hydrogen) atoms. The molecule has 218 valence electrons. The molecular formula is C33H28N8O3. The number of nitrogens with one attached hydrogen (secondary N) is 4. The number of benzene rings is 5. The van der Waals surface area contributed by atoms with Crippen LogP contribution in [-0.2, 0) is 7.05 Å². The zero-order valence-corrected chi connectivity index (χ0v) is 23.6. The Bertz CT molecular complexity index is 2090. The second-order valence-electron chi connectivity index (χ2n) is 10.1. The Morgan fingerprint density at radius 3 is 1.66 bits per heavy atom. The first-order chi connectivity index (χ1) is 21.2. The van der Waals surface area contributed by atoms with Crippen LogP contribution in [-0.4, -0.2) is 27.7 Å². The van der Waals surface area contributed by atoms with Crippen molar-refractivity contribution in [3.8, 4) is 11.3 Å². The molecule has 0 saturated heterocycles. The highest BCUT2D eigenvalue weighted by Gasteiger charge is 2.23. The molecule has 1 heterocycles. The molecule has 0 aliphatic rings. The Balaban J connectivity index is 1.28. The second kappa shape index (κ2) is 11.5. The Morgan fingerprint density at radius 1 is 0.636 bits per heavy atom. The van der Waals surface area contributed by atoms with E-state index in [9.17, 15) is 14.4 Å². The fourth-order valence-electron chi connectivity index (χ4n) is 5.01. The lowest BCUT2D eigenvalue weighted by Crippen LogP contribution is -2.21. The number of aromatic nitrogens is 2. The molecule has 6 aromatic rings. The van der Waals surface area contributed by atoms with E-state index in [-0.39, 0.29) is 17.1 Å². The average Bonchev–Trinajstić information content (AvgIpc) is 3.31. The topological polar surface area (TPSA) is 169 Å². The number of primary amides is 1. The number of carbonyl (C=O) groups excluding carboxylic acids is 3. The number of nitrogens with two attached hydrogens (primary N) is 2. The van der Waals surface area contributed by atoms with Crippen molar-refractivity contribution in [2.45, 2.75) is 0 Å². The van der Waals surface area contributed by atoms with Gasteiger partial charge in [-0.25, -0.2) is 9.59 Å². The summed E-state index contributed by atoms with van der Waals surface area (Å²) < 4.78 is 1.32. The fraction of sp³-hybridized carbons (Fsp3) is 0.0303. The number of amides is 5. The molecule has 0 radical (unpaired) electrons. The SMILES string of the molecule is Cn1nc(-c2cc(NC(=O)Nc3ccc4ccccc4c3)ccc2NC(=O)Nc2ccc3ccccc3c2)c(C(N)=O)c1N. The number of fused-ring (bicyclic) bond motifs is 2. The molecule has 1 aromatic heterocycles. The number of nitrogens with zero attached hydrogens (tertiary/aromatic N) is 2. The van der Waals surface area contributed by atoms with Gasteiger partial charge in [0, 0.05) is 29.7 Å². The van der Waals surface area contributed by atoms with Crippen molar-refractivity contribution >= 4 is 68.1 Å². The molecule has 11 nitrogen and oxygen atoms in total. The van der Waals surface area contributed by atoms with Gasteiger partial charge >= 0.3 is 12.1 Å². The molecule has 11 heteroatoms. The smallest absolute Gasteiger partial charge is 0.323 e. The molecule has 0 bridgehead atoms. The van der Waals surface area contributed by atoms with Crippen LogP contribution in [0.3, 0.4) is 0 Å². The van der Waals surface area contributed by atoms with E-state index in [0.29, 0.717) is 28.3 Å². The highest BCUT2D eigenvalue weighted by Crippen LogP contribution is 2.35. The Kier molecular flexibility index (Phi) is 7.26. The van der Waals surface area contributed by atoms with Crippen LogP contribution in [0.15, 0.2) is 103 Å². The van der Waals surface area contributed by atoms with Gasteiger partial charge in [-0.2, -0.15) is 5.10 Å². The molecule has 5 amide bonds. The van der Waals surface area contributed by atoms with Crippen LogP contribution in [0.5, 0.6) is 0 Å². The minimum atomic E-state index is -0.787. The lowest BCUT2D eigenvalue weighted by atomic mass is 10.0. The van der Waals surface area contributed by atoms with Crippen molar-refractivity contribution in [3.63, 3.8) is 0 Å². The minimum Gasteiger partial charge on any atom is -0.383 e. The van der Waals surface area contributed by atoms with Gasteiger partial charge < -0.3 is 32.7 Å². The van der Waals surface area contributed by atoms with Gasteiger partial charge in [-0.1, -0.05) is 60.7 Å². The molecule has 0 aliphatic heterocycles. The minimum absolute atomic E-state index is 0.0109. The van der Waals surface area contributed by atoms with Crippen LogP contribution in [0.4, 0.5) is 38.2 Å². The number of carbonyl (C=O) groups is 3. The van der Waals surface area contributed by atoms with Crippen LogP contribution < -0.4 is 32.7 Å². The third-order valence-electron chi connectivity index (χ3n) is 7.13. The Hall–Kier alpha value is -6.36. The summed E-state index contributed by atoms with van der Waals surface area (Å²) in [6, 6.07) is 30.6. The summed E-state index contributed by atoms with van der Waals surface area (Å²) in [6.45, 7) is 0. The lowest BCUT2D eigenvalue weighted by molar-refractivity contribution is 0.100. The monoisotopic (exact) mass is 584 g/mol. The zero-order valence-electron chi connectivity index (χ0n) is 23.6. The number of anilines is 5. The number of rotatable bonds is 6.